The molecule has 0 aromatic carbocycles. The summed E-state index contributed by atoms with van der Waals surface area (Å²) >= 11 is 1.71. The van der Waals surface area contributed by atoms with Gasteiger partial charge >= 0.3 is 0 Å². The summed E-state index contributed by atoms with van der Waals surface area (Å²) < 4.78 is 0. The molecule has 0 aliphatic carbocycles. The fourth-order valence-electron chi connectivity index (χ4n) is 0.852. The number of rotatable bonds is 0. The lowest BCUT2D eigenvalue weighted by Crippen LogP contribution is -2.03. The zero-order chi connectivity index (χ0) is 7.07. The van der Waals surface area contributed by atoms with Crippen LogP contribution in [0.1, 0.15) is 12.8 Å². The van der Waals surface area contributed by atoms with E-state index in [9.17, 15) is 0 Å². The maximum absolute atomic E-state index is 3.22. The van der Waals surface area contributed by atoms with E-state index in [1.165, 1.54) is 25.9 Å². The Morgan fingerprint density at radius 2 is 1.60 bits per heavy atom. The highest BCUT2D eigenvalue weighted by Crippen LogP contribution is 1.91. The second-order valence-electron chi connectivity index (χ2n) is 2.25. The molecule has 1 saturated heterocycles. The Morgan fingerprint density at radius 3 is 1.80 bits per heavy atom. The zero-order valence-corrected chi connectivity index (χ0v) is 6.86. The van der Waals surface area contributed by atoms with E-state index >= 15 is 0 Å². The van der Waals surface area contributed by atoms with Crippen molar-refractivity contribution in [2.45, 2.75) is 12.8 Å². The van der Waals surface area contributed by atoms with E-state index in [1.54, 1.807) is 11.3 Å². The lowest BCUT2D eigenvalue weighted by atomic mass is 10.4. The second-order valence-corrected chi connectivity index (χ2v) is 3.07. The maximum atomic E-state index is 3.22. The minimum absolute atomic E-state index is 1.25. The van der Waals surface area contributed by atoms with Crippen LogP contribution in [0.3, 0.4) is 0 Å². The van der Waals surface area contributed by atoms with E-state index in [0.717, 1.165) is 0 Å². The van der Waals surface area contributed by atoms with Crippen molar-refractivity contribution in [2.75, 3.05) is 13.1 Å². The standard InChI is InChI=1S/C4H9N.C4H4S/c2*1-2-4-5-3-1/h5H,1-4H2;1-4H. The van der Waals surface area contributed by atoms with Gasteiger partial charge in [-0.1, -0.05) is 12.1 Å². The van der Waals surface area contributed by atoms with Crippen molar-refractivity contribution in [1.82, 2.24) is 5.32 Å². The van der Waals surface area contributed by atoms with Crippen LogP contribution < -0.4 is 5.32 Å². The Labute approximate surface area is 66.1 Å². The van der Waals surface area contributed by atoms with Crippen molar-refractivity contribution < 1.29 is 0 Å². The fourth-order valence-corrected chi connectivity index (χ4v) is 1.31. The largest absolute Gasteiger partial charge is 0.317 e. The van der Waals surface area contributed by atoms with Crippen LogP contribution in [0.25, 0.3) is 0 Å². The zero-order valence-electron chi connectivity index (χ0n) is 6.05. The Hall–Kier alpha value is -0.340. The Morgan fingerprint density at radius 1 is 1.00 bits per heavy atom. The average Bonchev–Trinajstić information content (AvgIpc) is 2.67. The SMILES string of the molecule is C1CCNC1.c1ccsc1. The van der Waals surface area contributed by atoms with Gasteiger partial charge in [-0.3, -0.25) is 0 Å². The summed E-state index contributed by atoms with van der Waals surface area (Å²) in [4.78, 5) is 0. The van der Waals surface area contributed by atoms with Crippen molar-refractivity contribution in [3.63, 3.8) is 0 Å². The smallest absolute Gasteiger partial charge is 0.00484 e. The first kappa shape index (κ1) is 7.76. The first-order chi connectivity index (χ1) is 5.00. The van der Waals surface area contributed by atoms with Gasteiger partial charge in [-0.05, 0) is 36.7 Å². The van der Waals surface area contributed by atoms with Gasteiger partial charge in [-0.2, -0.15) is 11.3 Å². The summed E-state index contributed by atoms with van der Waals surface area (Å²) in [6.07, 6.45) is 2.78. The molecule has 0 radical (unpaired) electrons. The lowest BCUT2D eigenvalue weighted by Gasteiger charge is -1.76. The molecule has 56 valence electrons. The van der Waals surface area contributed by atoms with Crippen LogP contribution in [0.2, 0.25) is 0 Å². The molecule has 0 saturated carbocycles. The average molecular weight is 155 g/mol. The van der Waals surface area contributed by atoms with Crippen molar-refractivity contribution in [3.05, 3.63) is 22.9 Å². The fraction of sp³-hybridized carbons (Fsp3) is 0.500. The van der Waals surface area contributed by atoms with E-state index < -0.39 is 0 Å². The summed E-state index contributed by atoms with van der Waals surface area (Å²) in [5.41, 5.74) is 0. The molecule has 1 aromatic heterocycles. The first-order valence-corrected chi connectivity index (χ1v) is 4.62. The maximum Gasteiger partial charge on any atom is -0.00484 e. The van der Waals surface area contributed by atoms with E-state index in [0.29, 0.717) is 0 Å². The number of thiophene rings is 1. The third-order valence-electron chi connectivity index (χ3n) is 1.38. The molecular weight excluding hydrogens is 142 g/mol. The molecule has 1 fully saturated rings. The van der Waals surface area contributed by atoms with Crippen LogP contribution in [0.5, 0.6) is 0 Å². The summed E-state index contributed by atoms with van der Waals surface area (Å²) in [5.74, 6) is 0. The minimum Gasteiger partial charge on any atom is -0.317 e. The number of hydrogen-bond donors (Lipinski definition) is 1. The highest BCUT2D eigenvalue weighted by molar-refractivity contribution is 7.07. The third-order valence-corrected chi connectivity index (χ3v) is 2.01. The molecule has 0 spiro atoms. The molecular formula is C8H13NS. The predicted octanol–water partition coefficient (Wildman–Crippen LogP) is 2.12. The molecule has 1 aromatic rings. The molecule has 0 atom stereocenters. The molecule has 2 heterocycles. The quantitative estimate of drug-likeness (QED) is 0.605. The van der Waals surface area contributed by atoms with Gasteiger partial charge in [-0.15, -0.1) is 0 Å². The van der Waals surface area contributed by atoms with Gasteiger partial charge in [0.15, 0.2) is 0 Å². The molecule has 2 heteroatoms. The van der Waals surface area contributed by atoms with E-state index in [4.69, 9.17) is 0 Å². The van der Waals surface area contributed by atoms with Crippen molar-refractivity contribution in [2.24, 2.45) is 0 Å². The van der Waals surface area contributed by atoms with Crippen LogP contribution in [-0.4, -0.2) is 13.1 Å². The van der Waals surface area contributed by atoms with Gasteiger partial charge in [0.1, 0.15) is 0 Å². The molecule has 2 rings (SSSR count). The summed E-state index contributed by atoms with van der Waals surface area (Å²) in [6.45, 7) is 2.50. The molecule has 10 heavy (non-hydrogen) atoms. The second kappa shape index (κ2) is 5.45. The Bertz CT molecular complexity index is 108. The van der Waals surface area contributed by atoms with Crippen molar-refractivity contribution in [3.8, 4) is 0 Å². The molecule has 1 aliphatic rings. The van der Waals surface area contributed by atoms with E-state index in [2.05, 4.69) is 5.32 Å². The van der Waals surface area contributed by atoms with Gasteiger partial charge in [-0.25, -0.2) is 0 Å². The van der Waals surface area contributed by atoms with Gasteiger partial charge in [0.25, 0.3) is 0 Å². The molecule has 1 nitrogen and oxygen atoms in total. The normalized spacial score (nSPS) is 16.0. The summed E-state index contributed by atoms with van der Waals surface area (Å²) in [6, 6.07) is 4.04. The molecule has 0 unspecified atom stereocenters. The van der Waals surface area contributed by atoms with Gasteiger partial charge < -0.3 is 5.32 Å². The van der Waals surface area contributed by atoms with Gasteiger partial charge in [0, 0.05) is 0 Å². The topological polar surface area (TPSA) is 12.0 Å². The van der Waals surface area contributed by atoms with Crippen LogP contribution in [0, 0.1) is 0 Å². The van der Waals surface area contributed by atoms with E-state index in [-0.39, 0.29) is 0 Å². The van der Waals surface area contributed by atoms with Crippen molar-refractivity contribution >= 4 is 11.3 Å². The highest BCUT2D eigenvalue weighted by Gasteiger charge is 1.93. The summed E-state index contributed by atoms with van der Waals surface area (Å²) in [7, 11) is 0. The first-order valence-electron chi connectivity index (χ1n) is 3.68. The molecule has 1 aliphatic heterocycles. The van der Waals surface area contributed by atoms with Crippen LogP contribution in [-0.2, 0) is 0 Å². The van der Waals surface area contributed by atoms with Crippen LogP contribution in [0.4, 0.5) is 0 Å². The number of hydrogen-bond acceptors (Lipinski definition) is 2. The highest BCUT2D eigenvalue weighted by atomic mass is 32.1. The summed E-state index contributed by atoms with van der Waals surface area (Å²) in [5, 5.41) is 7.31. The minimum atomic E-state index is 1.25. The monoisotopic (exact) mass is 155 g/mol. The molecule has 0 bridgehead atoms. The van der Waals surface area contributed by atoms with Gasteiger partial charge in [0.2, 0.25) is 0 Å². The third kappa shape index (κ3) is 3.64. The predicted molar refractivity (Wildman–Crippen MR) is 46.4 cm³/mol. The van der Waals surface area contributed by atoms with Crippen molar-refractivity contribution in [1.29, 1.82) is 0 Å². The Balaban J connectivity index is 0.0000001000. The Kier molecular flexibility index (Phi) is 4.23. The van der Waals surface area contributed by atoms with Gasteiger partial charge in [0.05, 0.1) is 0 Å². The number of nitrogens with one attached hydrogen (secondary N) is 1. The van der Waals surface area contributed by atoms with E-state index in [1.807, 2.05) is 22.9 Å². The lowest BCUT2D eigenvalue weighted by molar-refractivity contribution is 0.857. The molecule has 1 N–H and O–H groups in total. The molecule has 0 amide bonds. The van der Waals surface area contributed by atoms with Crippen LogP contribution >= 0.6 is 11.3 Å². The van der Waals surface area contributed by atoms with Crippen LogP contribution in [0.15, 0.2) is 22.9 Å².